The Morgan fingerprint density at radius 2 is 2.33 bits per heavy atom. The van der Waals surface area contributed by atoms with Crippen molar-refractivity contribution in [2.45, 2.75) is 0 Å². The minimum Gasteiger partial charge on any atom is -0.477 e. The monoisotopic (exact) mass is 146 g/mol. The fraction of sp³-hybridized carbons (Fsp3) is 0. The van der Waals surface area contributed by atoms with Crippen LogP contribution in [0.1, 0.15) is 9.67 Å². The third-order valence-corrected chi connectivity index (χ3v) is 1.65. The van der Waals surface area contributed by atoms with Gasteiger partial charge in [-0.3, -0.25) is 0 Å². The second-order valence-corrected chi connectivity index (χ2v) is 2.44. The Morgan fingerprint density at radius 1 is 1.67 bits per heavy atom. The van der Waals surface area contributed by atoms with Crippen molar-refractivity contribution in [3.8, 4) is 0 Å². The molecule has 1 N–H and O–H groups in total. The molecule has 0 fully saturated rings. The third kappa shape index (κ3) is 1.26. The zero-order chi connectivity index (χ0) is 6.85. The third-order valence-electron chi connectivity index (χ3n) is 0.784. The standard InChI is InChI=1S/C5H3FO2S/c6-4-2-1-3(9-4)5(7)8/h1-2H,(H,7,8). The van der Waals surface area contributed by atoms with E-state index in [2.05, 4.69) is 0 Å². The Kier molecular flexibility index (Phi) is 1.48. The number of aromatic carboxylic acids is 1. The van der Waals surface area contributed by atoms with E-state index in [0.29, 0.717) is 11.3 Å². The minimum absolute atomic E-state index is 0.0347. The van der Waals surface area contributed by atoms with Crippen LogP contribution in [0.4, 0.5) is 4.39 Å². The Labute approximate surface area is 54.6 Å². The fourth-order valence-corrected chi connectivity index (χ4v) is 0.999. The van der Waals surface area contributed by atoms with E-state index in [4.69, 9.17) is 5.11 Å². The van der Waals surface area contributed by atoms with Gasteiger partial charge in [0.1, 0.15) is 4.88 Å². The van der Waals surface area contributed by atoms with Gasteiger partial charge in [-0.2, -0.15) is 4.39 Å². The normalized spacial score (nSPS) is 9.44. The Balaban J connectivity index is 2.98. The molecule has 4 heteroatoms. The molecule has 0 bridgehead atoms. The second kappa shape index (κ2) is 2.14. The molecule has 0 saturated carbocycles. The van der Waals surface area contributed by atoms with Crippen LogP contribution in [0.2, 0.25) is 0 Å². The van der Waals surface area contributed by atoms with Crippen molar-refractivity contribution >= 4 is 17.3 Å². The van der Waals surface area contributed by atoms with E-state index < -0.39 is 11.1 Å². The van der Waals surface area contributed by atoms with Gasteiger partial charge >= 0.3 is 5.97 Å². The Bertz CT molecular complexity index is 231. The molecule has 1 aromatic heterocycles. The highest BCUT2D eigenvalue weighted by Gasteiger charge is 2.04. The van der Waals surface area contributed by atoms with Crippen molar-refractivity contribution in [2.24, 2.45) is 0 Å². The molecular weight excluding hydrogens is 143 g/mol. The van der Waals surface area contributed by atoms with Gasteiger partial charge in [0.15, 0.2) is 5.13 Å². The molecule has 0 saturated heterocycles. The van der Waals surface area contributed by atoms with E-state index in [1.165, 1.54) is 6.07 Å². The lowest BCUT2D eigenvalue weighted by Gasteiger charge is -1.79. The van der Waals surface area contributed by atoms with Crippen LogP contribution >= 0.6 is 11.3 Å². The number of thiophene rings is 1. The summed E-state index contributed by atoms with van der Waals surface area (Å²) in [5.41, 5.74) is 0. The van der Waals surface area contributed by atoms with Crippen molar-refractivity contribution in [1.29, 1.82) is 0 Å². The minimum atomic E-state index is -1.08. The first-order valence-corrected chi connectivity index (χ1v) is 3.00. The van der Waals surface area contributed by atoms with Crippen LogP contribution in [-0.2, 0) is 0 Å². The van der Waals surface area contributed by atoms with Crippen LogP contribution in [0, 0.1) is 5.13 Å². The zero-order valence-electron chi connectivity index (χ0n) is 4.30. The molecule has 0 atom stereocenters. The maximum absolute atomic E-state index is 12.0. The van der Waals surface area contributed by atoms with Gasteiger partial charge in [-0.25, -0.2) is 4.79 Å². The van der Waals surface area contributed by atoms with Gasteiger partial charge in [0.2, 0.25) is 0 Å². The van der Waals surface area contributed by atoms with Crippen molar-refractivity contribution < 1.29 is 14.3 Å². The van der Waals surface area contributed by atoms with Gasteiger partial charge in [-0.1, -0.05) is 11.3 Å². The molecule has 0 unspecified atom stereocenters. The largest absolute Gasteiger partial charge is 0.477 e. The van der Waals surface area contributed by atoms with Crippen LogP contribution in [-0.4, -0.2) is 11.1 Å². The van der Waals surface area contributed by atoms with E-state index in [0.717, 1.165) is 6.07 Å². The molecule has 48 valence electrons. The average Bonchev–Trinajstić information content (AvgIpc) is 2.14. The number of hydrogen-bond donors (Lipinski definition) is 1. The van der Waals surface area contributed by atoms with E-state index in [9.17, 15) is 9.18 Å². The summed E-state index contributed by atoms with van der Waals surface area (Å²) in [5.74, 6) is -1.08. The van der Waals surface area contributed by atoms with Gasteiger partial charge in [-0.05, 0) is 12.1 Å². The highest BCUT2D eigenvalue weighted by atomic mass is 32.1. The van der Waals surface area contributed by atoms with Crippen LogP contribution in [0.15, 0.2) is 12.1 Å². The first-order chi connectivity index (χ1) is 4.20. The van der Waals surface area contributed by atoms with E-state index in [-0.39, 0.29) is 4.88 Å². The molecule has 0 aliphatic carbocycles. The maximum Gasteiger partial charge on any atom is 0.345 e. The van der Waals surface area contributed by atoms with Crippen molar-refractivity contribution in [1.82, 2.24) is 0 Å². The molecule has 1 rings (SSSR count). The lowest BCUT2D eigenvalue weighted by atomic mass is 10.5. The number of carbonyl (C=O) groups is 1. The summed E-state index contributed by atoms with van der Waals surface area (Å²) >= 11 is 0.630. The highest BCUT2D eigenvalue weighted by molar-refractivity contribution is 7.12. The number of hydrogen-bond acceptors (Lipinski definition) is 2. The van der Waals surface area contributed by atoms with Crippen molar-refractivity contribution in [3.63, 3.8) is 0 Å². The van der Waals surface area contributed by atoms with Crippen molar-refractivity contribution in [3.05, 3.63) is 22.1 Å². The number of carboxylic acids is 1. The Hall–Kier alpha value is -0.900. The molecule has 0 aromatic carbocycles. The quantitative estimate of drug-likeness (QED) is 0.653. The first kappa shape index (κ1) is 6.22. The smallest absolute Gasteiger partial charge is 0.345 e. The van der Waals surface area contributed by atoms with Crippen LogP contribution in [0.5, 0.6) is 0 Å². The zero-order valence-corrected chi connectivity index (χ0v) is 5.11. The molecule has 1 heterocycles. The topological polar surface area (TPSA) is 37.3 Å². The van der Waals surface area contributed by atoms with Crippen LogP contribution < -0.4 is 0 Å². The predicted molar refractivity (Wildman–Crippen MR) is 31.2 cm³/mol. The van der Waals surface area contributed by atoms with Gasteiger partial charge in [-0.15, -0.1) is 0 Å². The second-order valence-electron chi connectivity index (χ2n) is 1.41. The molecule has 0 spiro atoms. The lowest BCUT2D eigenvalue weighted by Crippen LogP contribution is -1.89. The number of halogens is 1. The van der Waals surface area contributed by atoms with Crippen LogP contribution in [0.25, 0.3) is 0 Å². The first-order valence-electron chi connectivity index (χ1n) is 2.19. The maximum atomic E-state index is 12.0. The van der Waals surface area contributed by atoms with Gasteiger partial charge < -0.3 is 5.11 Å². The molecule has 0 radical (unpaired) electrons. The summed E-state index contributed by atoms with van der Waals surface area (Å²) in [6.45, 7) is 0. The fourth-order valence-electron chi connectivity index (χ4n) is 0.429. The number of rotatable bonds is 1. The SMILES string of the molecule is O=C(O)c1ccc(F)s1. The summed E-state index contributed by atoms with van der Waals surface area (Å²) in [4.78, 5) is 10.1. The van der Waals surface area contributed by atoms with Crippen LogP contribution in [0.3, 0.4) is 0 Å². The molecule has 0 amide bonds. The molecule has 9 heavy (non-hydrogen) atoms. The van der Waals surface area contributed by atoms with E-state index >= 15 is 0 Å². The average molecular weight is 146 g/mol. The predicted octanol–water partition coefficient (Wildman–Crippen LogP) is 1.59. The summed E-state index contributed by atoms with van der Waals surface area (Å²) < 4.78 is 12.0. The summed E-state index contributed by atoms with van der Waals surface area (Å²) in [6, 6.07) is 2.37. The van der Waals surface area contributed by atoms with E-state index in [1.54, 1.807) is 0 Å². The lowest BCUT2D eigenvalue weighted by molar-refractivity contribution is 0.0702. The van der Waals surface area contributed by atoms with E-state index in [1.807, 2.05) is 0 Å². The van der Waals surface area contributed by atoms with Gasteiger partial charge in [0.25, 0.3) is 0 Å². The molecule has 0 aliphatic heterocycles. The van der Waals surface area contributed by atoms with Crippen molar-refractivity contribution in [2.75, 3.05) is 0 Å². The highest BCUT2D eigenvalue weighted by Crippen LogP contribution is 2.13. The van der Waals surface area contributed by atoms with Gasteiger partial charge in [0.05, 0.1) is 0 Å². The molecule has 2 nitrogen and oxygen atoms in total. The summed E-state index contributed by atoms with van der Waals surface area (Å²) in [5, 5.41) is 7.78. The molecule has 1 aromatic rings. The molecule has 0 aliphatic rings. The summed E-state index contributed by atoms with van der Waals surface area (Å²) in [7, 11) is 0. The summed E-state index contributed by atoms with van der Waals surface area (Å²) in [6.07, 6.45) is 0. The Morgan fingerprint density at radius 3 is 2.56 bits per heavy atom. The number of carboxylic acid groups (broad SMARTS) is 1. The molecular formula is C5H3FO2S. The van der Waals surface area contributed by atoms with Gasteiger partial charge in [0, 0.05) is 0 Å².